The fraction of sp³-hybridized carbons (Fsp3) is 0.387. The van der Waals surface area contributed by atoms with Crippen molar-refractivity contribution >= 4 is 34.9 Å². The maximum Gasteiger partial charge on any atom is 0.417 e. The average molecular weight is 626 g/mol. The van der Waals surface area contributed by atoms with Crippen LogP contribution in [0.4, 0.5) is 24.7 Å². The van der Waals surface area contributed by atoms with E-state index < -0.39 is 40.7 Å². The Kier molecular flexibility index (Phi) is 7.51. The fourth-order valence-corrected chi connectivity index (χ4v) is 6.51. The molecule has 0 saturated carbocycles. The zero-order valence-corrected chi connectivity index (χ0v) is 25.3. The summed E-state index contributed by atoms with van der Waals surface area (Å²) in [7, 11) is 1.86. The topological polar surface area (TPSA) is 89.2 Å². The Morgan fingerprint density at radius 3 is 2.50 bits per heavy atom. The number of rotatable bonds is 5. The predicted octanol–water partition coefficient (Wildman–Crippen LogP) is 6.32. The molecule has 0 radical (unpaired) electrons. The quantitative estimate of drug-likeness (QED) is 0.259. The van der Waals surface area contributed by atoms with Gasteiger partial charge in [-0.1, -0.05) is 25.4 Å². The van der Waals surface area contributed by atoms with Crippen molar-refractivity contribution in [3.05, 3.63) is 76.7 Å². The minimum Gasteiger partial charge on any atom is -0.334 e. The first kappa shape index (κ1) is 29.9. The number of aryl methyl sites for hydroxylation is 1. The molecule has 2 aliphatic rings. The lowest BCUT2D eigenvalue weighted by molar-refractivity contribution is -0.137. The molecule has 2 amide bonds. The van der Waals surface area contributed by atoms with Gasteiger partial charge in [0.05, 0.1) is 34.4 Å². The molecule has 230 valence electrons. The summed E-state index contributed by atoms with van der Waals surface area (Å²) >= 11 is 5.80. The molecule has 4 heterocycles. The molecule has 9 nitrogen and oxygen atoms in total. The average Bonchev–Trinajstić information content (AvgIpc) is 3.58. The van der Waals surface area contributed by atoms with Crippen LogP contribution in [0.1, 0.15) is 54.7 Å². The Morgan fingerprint density at radius 1 is 1.14 bits per heavy atom. The van der Waals surface area contributed by atoms with Gasteiger partial charge in [-0.2, -0.15) is 18.3 Å². The molecule has 0 spiro atoms. The van der Waals surface area contributed by atoms with E-state index in [0.29, 0.717) is 30.2 Å². The molecule has 0 bridgehead atoms. The van der Waals surface area contributed by atoms with Crippen LogP contribution in [0.3, 0.4) is 0 Å². The molecule has 3 atom stereocenters. The van der Waals surface area contributed by atoms with E-state index in [1.54, 1.807) is 17.4 Å². The number of hydrogen-bond acceptors (Lipinski definition) is 5. The number of carbonyl (C=O) groups excluding carboxylic acids is 2. The van der Waals surface area contributed by atoms with Crippen molar-refractivity contribution < 1.29 is 22.8 Å². The van der Waals surface area contributed by atoms with Gasteiger partial charge in [-0.3, -0.25) is 14.5 Å². The standard InChI is InChI=1S/C31H31ClF3N7O2/c1-17(2)11-21-14-37-42-26-15-40(29(43)20-7-10-25(32)24(13-20)31(33,34)35)18(3)12-23(26)30(44)41(28(21)42)22-8-5-19(6-9-22)27-38-36-16-39(27)4/h5-10,13-14,16-18,23,26H,11-12,15H2,1-4H3/t18-,23?,26?/m0/s1. The highest BCUT2D eigenvalue weighted by molar-refractivity contribution is 6.31. The largest absolute Gasteiger partial charge is 0.417 e. The van der Waals surface area contributed by atoms with Gasteiger partial charge in [-0.05, 0) is 68.1 Å². The van der Waals surface area contributed by atoms with Crippen LogP contribution in [0, 0.1) is 11.8 Å². The number of benzene rings is 2. The highest BCUT2D eigenvalue weighted by Crippen LogP contribution is 2.45. The maximum atomic E-state index is 14.3. The van der Waals surface area contributed by atoms with Crippen molar-refractivity contribution in [3.63, 3.8) is 0 Å². The molecular weight excluding hydrogens is 595 g/mol. The van der Waals surface area contributed by atoms with Crippen molar-refractivity contribution in [2.75, 3.05) is 11.4 Å². The van der Waals surface area contributed by atoms with Gasteiger partial charge in [0.15, 0.2) is 5.82 Å². The van der Waals surface area contributed by atoms with E-state index in [0.717, 1.165) is 23.3 Å². The van der Waals surface area contributed by atoms with Crippen LogP contribution >= 0.6 is 11.6 Å². The fourth-order valence-electron chi connectivity index (χ4n) is 6.29. The molecule has 1 saturated heterocycles. The van der Waals surface area contributed by atoms with Crippen LogP contribution in [-0.2, 0) is 24.4 Å². The number of alkyl halides is 3. The van der Waals surface area contributed by atoms with E-state index in [9.17, 15) is 22.8 Å². The number of anilines is 2. The highest BCUT2D eigenvalue weighted by Gasteiger charge is 2.48. The highest BCUT2D eigenvalue weighted by atomic mass is 35.5. The molecule has 2 unspecified atom stereocenters. The Labute approximate surface area is 257 Å². The summed E-state index contributed by atoms with van der Waals surface area (Å²) in [4.78, 5) is 31.2. The van der Waals surface area contributed by atoms with Crippen LogP contribution in [0.15, 0.2) is 55.0 Å². The molecule has 1 fully saturated rings. The zero-order chi connectivity index (χ0) is 31.5. The minimum absolute atomic E-state index is 0.107. The first-order chi connectivity index (χ1) is 20.8. The second-order valence-electron chi connectivity index (χ2n) is 11.9. The lowest BCUT2D eigenvalue weighted by Crippen LogP contribution is -2.56. The third-order valence-electron chi connectivity index (χ3n) is 8.38. The van der Waals surface area contributed by atoms with E-state index in [2.05, 4.69) is 24.0 Å². The monoisotopic (exact) mass is 625 g/mol. The SMILES string of the molecule is CC(C)Cc1cnn2c1N(c1ccc(-c3nncn3C)cc1)C(=O)C1C[C@H](C)N(C(=O)c3ccc(Cl)c(C(F)(F)F)c3)CC12. The van der Waals surface area contributed by atoms with Crippen LogP contribution < -0.4 is 4.90 Å². The number of likely N-dealkylation sites (tertiary alicyclic amines) is 1. The summed E-state index contributed by atoms with van der Waals surface area (Å²) in [5.74, 6) is 0.467. The number of halogens is 4. The van der Waals surface area contributed by atoms with Crippen LogP contribution in [0.25, 0.3) is 11.4 Å². The van der Waals surface area contributed by atoms with Crippen molar-refractivity contribution in [1.29, 1.82) is 0 Å². The van der Waals surface area contributed by atoms with Crippen molar-refractivity contribution in [3.8, 4) is 11.4 Å². The van der Waals surface area contributed by atoms with Crippen LogP contribution in [0.5, 0.6) is 0 Å². The number of carbonyl (C=O) groups is 2. The summed E-state index contributed by atoms with van der Waals surface area (Å²) in [5.41, 5.74) is 1.25. The Balaban J connectivity index is 1.37. The van der Waals surface area contributed by atoms with Gasteiger partial charge in [0.2, 0.25) is 5.91 Å². The number of amides is 2. The van der Waals surface area contributed by atoms with Crippen LogP contribution in [0.2, 0.25) is 5.02 Å². The third kappa shape index (κ3) is 5.14. The summed E-state index contributed by atoms with van der Waals surface area (Å²) in [6.45, 7) is 6.10. The Hall–Kier alpha value is -4.19. The van der Waals surface area contributed by atoms with E-state index in [1.165, 1.54) is 11.0 Å². The Morgan fingerprint density at radius 2 is 1.86 bits per heavy atom. The predicted molar refractivity (Wildman–Crippen MR) is 158 cm³/mol. The van der Waals surface area contributed by atoms with Gasteiger partial charge in [0.1, 0.15) is 12.1 Å². The number of fused-ring (bicyclic) bond motifs is 3. The second kappa shape index (κ2) is 11.1. The zero-order valence-electron chi connectivity index (χ0n) is 24.6. The molecule has 44 heavy (non-hydrogen) atoms. The summed E-state index contributed by atoms with van der Waals surface area (Å²) in [6, 6.07) is 9.83. The normalized spacial score (nSPS) is 20.2. The lowest BCUT2D eigenvalue weighted by Gasteiger charge is -2.47. The van der Waals surface area contributed by atoms with E-state index in [1.807, 2.05) is 47.5 Å². The Bertz CT molecular complexity index is 1730. The minimum atomic E-state index is -4.70. The number of hydrogen-bond donors (Lipinski definition) is 0. The van der Waals surface area contributed by atoms with Gasteiger partial charge < -0.3 is 9.47 Å². The summed E-state index contributed by atoms with van der Waals surface area (Å²) in [6.07, 6.45) is -0.313. The maximum absolute atomic E-state index is 14.3. The van der Waals surface area contributed by atoms with Crippen LogP contribution in [-0.4, -0.2) is 53.8 Å². The lowest BCUT2D eigenvalue weighted by atomic mass is 9.84. The third-order valence-corrected chi connectivity index (χ3v) is 8.71. The molecule has 6 rings (SSSR count). The molecule has 13 heteroatoms. The molecule has 2 aliphatic heterocycles. The van der Waals surface area contributed by atoms with E-state index in [4.69, 9.17) is 16.7 Å². The van der Waals surface area contributed by atoms with E-state index in [-0.39, 0.29) is 23.9 Å². The molecular formula is C31H31ClF3N7O2. The van der Waals surface area contributed by atoms with Crippen molar-refractivity contribution in [2.24, 2.45) is 18.9 Å². The molecule has 0 aliphatic carbocycles. The van der Waals surface area contributed by atoms with Gasteiger partial charge in [0, 0.05) is 36.3 Å². The molecule has 2 aromatic carbocycles. The van der Waals surface area contributed by atoms with Crippen molar-refractivity contribution in [2.45, 2.75) is 51.9 Å². The first-order valence-corrected chi connectivity index (χ1v) is 14.8. The number of piperidine rings is 1. The smallest absolute Gasteiger partial charge is 0.334 e. The van der Waals surface area contributed by atoms with Gasteiger partial charge >= 0.3 is 6.18 Å². The van der Waals surface area contributed by atoms with Gasteiger partial charge in [-0.25, -0.2) is 4.68 Å². The van der Waals surface area contributed by atoms with Gasteiger partial charge in [-0.15, -0.1) is 10.2 Å². The molecule has 4 aromatic rings. The second-order valence-corrected chi connectivity index (χ2v) is 12.3. The van der Waals surface area contributed by atoms with Gasteiger partial charge in [0.25, 0.3) is 5.91 Å². The molecule has 0 N–H and O–H groups in total. The van der Waals surface area contributed by atoms with Crippen molar-refractivity contribution in [1.82, 2.24) is 29.4 Å². The summed E-state index contributed by atoms with van der Waals surface area (Å²) in [5, 5.41) is 12.4. The molecule has 2 aromatic heterocycles. The number of nitrogens with zero attached hydrogens (tertiary/aromatic N) is 7. The van der Waals surface area contributed by atoms with E-state index >= 15 is 0 Å². The summed E-state index contributed by atoms with van der Waals surface area (Å²) < 4.78 is 44.3. The first-order valence-electron chi connectivity index (χ1n) is 14.4. The number of aromatic nitrogens is 5.